The van der Waals surface area contributed by atoms with Gasteiger partial charge in [-0.15, -0.1) is 0 Å². The maximum Gasteiger partial charge on any atom is 0.161 e. The summed E-state index contributed by atoms with van der Waals surface area (Å²) in [5, 5.41) is 16.3. The summed E-state index contributed by atoms with van der Waals surface area (Å²) in [5.41, 5.74) is 6.29. The molecule has 0 aromatic heterocycles. The molecule has 0 saturated carbocycles. The summed E-state index contributed by atoms with van der Waals surface area (Å²) < 4.78 is 14.5. The van der Waals surface area contributed by atoms with Crippen molar-refractivity contribution in [3.63, 3.8) is 0 Å². The highest BCUT2D eigenvalue weighted by atomic mass is 79.9. The van der Waals surface area contributed by atoms with Crippen molar-refractivity contribution in [3.05, 3.63) is 28.0 Å². The Labute approximate surface area is 120 Å². The number of aliphatic hydroxyl groups excluding tert-OH is 1. The summed E-state index contributed by atoms with van der Waals surface area (Å²) in [6, 6.07) is 3.32. The van der Waals surface area contributed by atoms with Crippen LogP contribution in [0.3, 0.4) is 0 Å². The molecule has 0 bridgehead atoms. The van der Waals surface area contributed by atoms with E-state index in [1.807, 2.05) is 4.90 Å². The van der Waals surface area contributed by atoms with E-state index in [2.05, 4.69) is 15.9 Å². The topological polar surface area (TPSA) is 73.3 Å². The zero-order valence-corrected chi connectivity index (χ0v) is 12.1. The number of hydrogen-bond acceptors (Lipinski definition) is 3. The Balaban J connectivity index is 2.23. The SMILES string of the molecule is N=C(N)c1ccc(N2CCC(CCO)C2)c(F)c1Br. The van der Waals surface area contributed by atoms with Crippen LogP contribution in [0, 0.1) is 17.1 Å². The number of amidine groups is 1. The third-order valence-electron chi connectivity index (χ3n) is 3.52. The quantitative estimate of drug-likeness (QED) is 0.585. The van der Waals surface area contributed by atoms with Gasteiger partial charge in [-0.05, 0) is 46.8 Å². The van der Waals surface area contributed by atoms with Gasteiger partial charge in [-0.1, -0.05) is 0 Å². The molecule has 1 aromatic rings. The number of rotatable bonds is 4. The van der Waals surface area contributed by atoms with Gasteiger partial charge in [-0.3, -0.25) is 5.41 Å². The van der Waals surface area contributed by atoms with E-state index in [1.54, 1.807) is 12.1 Å². The molecule has 2 rings (SSSR count). The van der Waals surface area contributed by atoms with Crippen molar-refractivity contribution in [3.8, 4) is 0 Å². The molecule has 1 saturated heterocycles. The standard InChI is InChI=1S/C13H17BrFN3O/c14-11-9(13(16)17)1-2-10(12(11)15)18-5-3-8(7-18)4-6-19/h1-2,8,19H,3-7H2,(H3,16,17). The number of nitrogens with one attached hydrogen (secondary N) is 1. The molecule has 0 amide bonds. The number of benzene rings is 1. The molecule has 4 N–H and O–H groups in total. The van der Waals surface area contributed by atoms with E-state index < -0.39 is 0 Å². The molecule has 1 atom stereocenters. The summed E-state index contributed by atoms with van der Waals surface area (Å²) >= 11 is 3.16. The fraction of sp³-hybridized carbons (Fsp3) is 0.462. The smallest absolute Gasteiger partial charge is 0.161 e. The summed E-state index contributed by atoms with van der Waals surface area (Å²) in [4.78, 5) is 1.98. The third kappa shape index (κ3) is 2.90. The van der Waals surface area contributed by atoms with Gasteiger partial charge in [0.25, 0.3) is 0 Å². The van der Waals surface area contributed by atoms with Crippen molar-refractivity contribution in [2.75, 3.05) is 24.6 Å². The predicted molar refractivity (Wildman–Crippen MR) is 77.1 cm³/mol. The lowest BCUT2D eigenvalue weighted by atomic mass is 10.1. The monoisotopic (exact) mass is 329 g/mol. The fourth-order valence-electron chi connectivity index (χ4n) is 2.46. The molecule has 1 aliphatic rings. The second kappa shape index (κ2) is 5.88. The van der Waals surface area contributed by atoms with Gasteiger partial charge in [0.2, 0.25) is 0 Å². The molecule has 0 spiro atoms. The summed E-state index contributed by atoms with van der Waals surface area (Å²) in [6.45, 7) is 1.71. The van der Waals surface area contributed by atoms with Crippen LogP contribution in [0.15, 0.2) is 16.6 Å². The van der Waals surface area contributed by atoms with E-state index in [1.165, 1.54) is 0 Å². The zero-order chi connectivity index (χ0) is 14.0. The van der Waals surface area contributed by atoms with Crippen molar-refractivity contribution in [2.24, 2.45) is 11.7 Å². The van der Waals surface area contributed by atoms with E-state index in [-0.39, 0.29) is 22.7 Å². The molecule has 1 aliphatic heterocycles. The molecule has 1 unspecified atom stereocenters. The molecule has 19 heavy (non-hydrogen) atoms. The van der Waals surface area contributed by atoms with Crippen molar-refractivity contribution in [1.82, 2.24) is 0 Å². The molecule has 6 heteroatoms. The Hall–Kier alpha value is -1.14. The van der Waals surface area contributed by atoms with Crippen LogP contribution in [0.25, 0.3) is 0 Å². The third-order valence-corrected chi connectivity index (χ3v) is 4.29. The fourth-order valence-corrected chi connectivity index (χ4v) is 3.01. The number of aliphatic hydroxyl groups is 1. The molecular formula is C13H17BrFN3O. The highest BCUT2D eigenvalue weighted by Crippen LogP contribution is 2.32. The van der Waals surface area contributed by atoms with Crippen molar-refractivity contribution >= 4 is 27.5 Å². The first-order valence-corrected chi connectivity index (χ1v) is 7.02. The second-order valence-corrected chi connectivity index (χ2v) is 5.58. The number of nitrogen functional groups attached to an aromatic ring is 1. The van der Waals surface area contributed by atoms with Crippen molar-refractivity contribution < 1.29 is 9.50 Å². The number of nitrogens with two attached hydrogens (primary N) is 1. The molecule has 4 nitrogen and oxygen atoms in total. The van der Waals surface area contributed by atoms with Gasteiger partial charge in [0.1, 0.15) is 5.84 Å². The van der Waals surface area contributed by atoms with Gasteiger partial charge in [-0.2, -0.15) is 0 Å². The molecule has 1 fully saturated rings. The Kier molecular flexibility index (Phi) is 4.42. The molecular weight excluding hydrogens is 313 g/mol. The normalized spacial score (nSPS) is 18.9. The van der Waals surface area contributed by atoms with Crippen LogP contribution in [0.2, 0.25) is 0 Å². The first-order chi connectivity index (χ1) is 9.04. The minimum atomic E-state index is -0.377. The average Bonchev–Trinajstić information content (AvgIpc) is 2.81. The Morgan fingerprint density at radius 1 is 1.58 bits per heavy atom. The van der Waals surface area contributed by atoms with E-state index in [4.69, 9.17) is 16.2 Å². The van der Waals surface area contributed by atoms with E-state index >= 15 is 0 Å². The first kappa shape index (κ1) is 14.3. The predicted octanol–water partition coefficient (Wildman–Crippen LogP) is 2.08. The Bertz CT molecular complexity index is 495. The van der Waals surface area contributed by atoms with Crippen LogP contribution in [-0.4, -0.2) is 30.6 Å². The molecule has 1 heterocycles. The van der Waals surface area contributed by atoms with Gasteiger partial charge in [-0.25, -0.2) is 4.39 Å². The summed E-state index contributed by atoms with van der Waals surface area (Å²) in [5.74, 6) is -0.120. The second-order valence-electron chi connectivity index (χ2n) is 4.79. The van der Waals surface area contributed by atoms with Gasteiger partial charge < -0.3 is 15.7 Å². The van der Waals surface area contributed by atoms with Crippen LogP contribution in [0.5, 0.6) is 0 Å². The minimum absolute atomic E-state index is 0.156. The van der Waals surface area contributed by atoms with Crippen LogP contribution in [-0.2, 0) is 0 Å². The lowest BCUT2D eigenvalue weighted by Crippen LogP contribution is -2.22. The summed E-state index contributed by atoms with van der Waals surface area (Å²) in [7, 11) is 0. The van der Waals surface area contributed by atoms with Gasteiger partial charge in [0, 0.05) is 25.3 Å². The molecule has 104 valence electrons. The van der Waals surface area contributed by atoms with Gasteiger partial charge in [0.05, 0.1) is 10.2 Å². The molecule has 1 aromatic carbocycles. The van der Waals surface area contributed by atoms with E-state index in [0.717, 1.165) is 25.9 Å². The van der Waals surface area contributed by atoms with E-state index in [9.17, 15) is 4.39 Å². The van der Waals surface area contributed by atoms with Crippen LogP contribution in [0.1, 0.15) is 18.4 Å². The van der Waals surface area contributed by atoms with Crippen molar-refractivity contribution in [1.29, 1.82) is 5.41 Å². The maximum absolute atomic E-state index is 14.3. The number of anilines is 1. The van der Waals surface area contributed by atoms with Crippen LogP contribution in [0.4, 0.5) is 10.1 Å². The lowest BCUT2D eigenvalue weighted by Gasteiger charge is -2.20. The summed E-state index contributed by atoms with van der Waals surface area (Å²) in [6.07, 6.45) is 1.72. The molecule has 0 radical (unpaired) electrons. The van der Waals surface area contributed by atoms with Crippen LogP contribution < -0.4 is 10.6 Å². The highest BCUT2D eigenvalue weighted by Gasteiger charge is 2.25. The number of hydrogen-bond donors (Lipinski definition) is 3. The Morgan fingerprint density at radius 3 is 2.95 bits per heavy atom. The average molecular weight is 330 g/mol. The zero-order valence-electron chi connectivity index (χ0n) is 10.5. The largest absolute Gasteiger partial charge is 0.396 e. The first-order valence-electron chi connectivity index (χ1n) is 6.22. The van der Waals surface area contributed by atoms with E-state index in [0.29, 0.717) is 17.2 Å². The molecule has 0 aliphatic carbocycles. The van der Waals surface area contributed by atoms with Gasteiger partial charge >= 0.3 is 0 Å². The number of nitrogens with zero attached hydrogens (tertiary/aromatic N) is 1. The minimum Gasteiger partial charge on any atom is -0.396 e. The number of halogens is 2. The van der Waals surface area contributed by atoms with Gasteiger partial charge in [0.15, 0.2) is 5.82 Å². The van der Waals surface area contributed by atoms with Crippen molar-refractivity contribution in [2.45, 2.75) is 12.8 Å². The Morgan fingerprint density at radius 2 is 2.32 bits per heavy atom. The highest BCUT2D eigenvalue weighted by molar-refractivity contribution is 9.10. The maximum atomic E-state index is 14.3. The van der Waals surface area contributed by atoms with Crippen LogP contribution >= 0.6 is 15.9 Å². The lowest BCUT2D eigenvalue weighted by molar-refractivity contribution is 0.263.